The monoisotopic (exact) mass is 461 g/mol. The summed E-state index contributed by atoms with van der Waals surface area (Å²) in [5.41, 5.74) is 13.0. The molecule has 0 atom stereocenters. The fraction of sp³-hybridized carbons (Fsp3) is 0.143. The van der Waals surface area contributed by atoms with Crippen molar-refractivity contribution in [1.82, 2.24) is 4.98 Å². The maximum atomic E-state index is 12.3. The van der Waals surface area contributed by atoms with E-state index >= 15 is 0 Å². The quantitative estimate of drug-likeness (QED) is 0.295. The number of esters is 1. The molecule has 0 aliphatic heterocycles. The summed E-state index contributed by atoms with van der Waals surface area (Å²) in [5, 5.41) is 7.93. The van der Waals surface area contributed by atoms with Crippen LogP contribution in [0.25, 0.3) is 0 Å². The van der Waals surface area contributed by atoms with Crippen LogP contribution in [0.15, 0.2) is 64.8 Å². The lowest BCUT2D eigenvalue weighted by molar-refractivity contribution is -0.189. The van der Waals surface area contributed by atoms with E-state index in [4.69, 9.17) is 20.9 Å². The largest absolute Gasteiger partial charge is 0.497 e. The summed E-state index contributed by atoms with van der Waals surface area (Å²) in [5.74, 6) is -1.59. The van der Waals surface area contributed by atoms with Crippen molar-refractivity contribution in [1.29, 1.82) is 0 Å². The highest BCUT2D eigenvalue weighted by molar-refractivity contribution is 5.78. The fourth-order valence-corrected chi connectivity index (χ4v) is 2.45. The fourth-order valence-electron chi connectivity index (χ4n) is 2.45. The van der Waals surface area contributed by atoms with E-state index in [1.165, 1.54) is 18.2 Å². The Kier molecular flexibility index (Phi) is 6.96. The number of nitrogen functional groups attached to an aromatic ring is 2. The molecule has 33 heavy (non-hydrogen) atoms. The molecule has 3 rings (SSSR count). The van der Waals surface area contributed by atoms with Crippen molar-refractivity contribution in [3.63, 3.8) is 0 Å². The van der Waals surface area contributed by atoms with Crippen LogP contribution < -0.4 is 25.7 Å². The molecule has 9 nitrogen and oxygen atoms in total. The Morgan fingerprint density at radius 2 is 1.61 bits per heavy atom. The summed E-state index contributed by atoms with van der Waals surface area (Å²) in [6, 6.07) is 13.6. The second kappa shape index (κ2) is 9.85. The Morgan fingerprint density at radius 1 is 0.970 bits per heavy atom. The number of carbonyl (C=O) groups excluding carboxylic acids is 1. The van der Waals surface area contributed by atoms with Crippen molar-refractivity contribution in [3.8, 4) is 17.2 Å². The molecule has 3 aromatic rings. The molecule has 0 saturated heterocycles. The highest BCUT2D eigenvalue weighted by atomic mass is 19.4. The van der Waals surface area contributed by atoms with Crippen molar-refractivity contribution in [2.45, 2.75) is 12.8 Å². The first kappa shape index (κ1) is 23.3. The zero-order valence-electron chi connectivity index (χ0n) is 17.2. The van der Waals surface area contributed by atoms with Crippen LogP contribution in [0, 0.1) is 0 Å². The highest BCUT2D eigenvalue weighted by Crippen LogP contribution is 2.32. The van der Waals surface area contributed by atoms with Gasteiger partial charge in [-0.15, -0.1) is 5.11 Å². The van der Waals surface area contributed by atoms with Gasteiger partial charge in [0.1, 0.15) is 23.8 Å². The van der Waals surface area contributed by atoms with Gasteiger partial charge in [0, 0.05) is 6.07 Å². The molecule has 0 aliphatic carbocycles. The van der Waals surface area contributed by atoms with Crippen LogP contribution in [0.3, 0.4) is 0 Å². The zero-order valence-corrected chi connectivity index (χ0v) is 17.2. The van der Waals surface area contributed by atoms with Crippen molar-refractivity contribution in [2.24, 2.45) is 10.2 Å². The van der Waals surface area contributed by atoms with Crippen molar-refractivity contribution >= 4 is 29.0 Å². The predicted molar refractivity (Wildman–Crippen MR) is 113 cm³/mol. The van der Waals surface area contributed by atoms with Crippen LogP contribution in [0.1, 0.15) is 5.56 Å². The van der Waals surface area contributed by atoms with E-state index in [9.17, 15) is 18.0 Å². The smallest absolute Gasteiger partial charge is 0.491 e. The number of pyridine rings is 1. The molecular weight excluding hydrogens is 443 g/mol. The molecule has 172 valence electrons. The topological polar surface area (TPSA) is 134 Å². The minimum atomic E-state index is -5.09. The summed E-state index contributed by atoms with van der Waals surface area (Å²) < 4.78 is 51.8. The molecule has 1 heterocycles. The summed E-state index contributed by atoms with van der Waals surface area (Å²) in [6.07, 6.45) is -5.09. The summed E-state index contributed by atoms with van der Waals surface area (Å²) in [6.45, 7) is 0.203. The number of azo groups is 1. The van der Waals surface area contributed by atoms with Gasteiger partial charge in [-0.2, -0.15) is 18.3 Å². The summed E-state index contributed by atoms with van der Waals surface area (Å²) >= 11 is 0. The molecule has 0 amide bonds. The van der Waals surface area contributed by atoms with Crippen molar-refractivity contribution in [2.75, 3.05) is 18.6 Å². The third-order valence-corrected chi connectivity index (χ3v) is 4.13. The van der Waals surface area contributed by atoms with Gasteiger partial charge in [0.25, 0.3) is 0 Å². The number of aromatic nitrogens is 1. The molecule has 0 bridgehead atoms. The third-order valence-electron chi connectivity index (χ3n) is 4.13. The van der Waals surface area contributed by atoms with E-state index in [-0.39, 0.29) is 41.1 Å². The van der Waals surface area contributed by atoms with Gasteiger partial charge in [-0.25, -0.2) is 9.78 Å². The van der Waals surface area contributed by atoms with Crippen molar-refractivity contribution < 1.29 is 32.2 Å². The number of nitrogens with zero attached hydrogens (tertiary/aromatic N) is 3. The molecule has 0 saturated carbocycles. The van der Waals surface area contributed by atoms with Crippen LogP contribution in [0.4, 0.5) is 36.2 Å². The van der Waals surface area contributed by atoms with Crippen LogP contribution >= 0.6 is 0 Å². The van der Waals surface area contributed by atoms with E-state index in [2.05, 4.69) is 19.9 Å². The van der Waals surface area contributed by atoms with Gasteiger partial charge in [0.2, 0.25) is 0 Å². The molecule has 0 spiro atoms. The normalized spacial score (nSPS) is 11.4. The van der Waals surface area contributed by atoms with Gasteiger partial charge >= 0.3 is 12.1 Å². The molecule has 0 radical (unpaired) electrons. The van der Waals surface area contributed by atoms with Gasteiger partial charge < -0.3 is 25.7 Å². The molecule has 0 fully saturated rings. The minimum absolute atomic E-state index is 0.00350. The van der Waals surface area contributed by atoms with E-state index in [0.717, 1.165) is 17.7 Å². The molecular formula is C21H18F3N5O4. The number of hydrogen-bond donors (Lipinski definition) is 2. The van der Waals surface area contributed by atoms with Crippen LogP contribution in [-0.2, 0) is 11.4 Å². The van der Waals surface area contributed by atoms with E-state index in [1.807, 2.05) is 12.1 Å². The Balaban J connectivity index is 1.69. The number of ether oxygens (including phenoxy) is 3. The number of nitrogens with two attached hydrogens (primary N) is 2. The Bertz CT molecular complexity index is 1150. The standard InChI is InChI=1S/C21H18F3N5O4/c1-31-14-6-2-12(3-7-14)11-32-17-10-16(18(25)27-19(17)26)29-28-13-4-8-15(9-5-13)33-20(30)21(22,23)24/h2-10H,11H2,1H3,(H4,25,26,27). The Labute approximate surface area is 185 Å². The number of carbonyl (C=O) groups is 1. The molecule has 12 heteroatoms. The van der Waals surface area contributed by atoms with Crippen LogP contribution in [-0.4, -0.2) is 24.2 Å². The first-order valence-electron chi connectivity index (χ1n) is 9.28. The predicted octanol–water partition coefficient (Wildman–Crippen LogP) is 4.72. The van der Waals surface area contributed by atoms with Gasteiger partial charge in [-0.3, -0.25) is 0 Å². The number of benzene rings is 2. The summed E-state index contributed by atoms with van der Waals surface area (Å²) in [7, 11) is 1.57. The third kappa shape index (κ3) is 6.32. The number of methoxy groups -OCH3 is 1. The highest BCUT2D eigenvalue weighted by Gasteiger charge is 2.41. The molecule has 0 unspecified atom stereocenters. The van der Waals surface area contributed by atoms with Gasteiger partial charge in [-0.05, 0) is 42.0 Å². The molecule has 4 N–H and O–H groups in total. The first-order valence-corrected chi connectivity index (χ1v) is 9.28. The number of alkyl halides is 3. The molecule has 0 aliphatic rings. The Morgan fingerprint density at radius 3 is 2.21 bits per heavy atom. The minimum Gasteiger partial charge on any atom is -0.497 e. The first-order chi connectivity index (χ1) is 15.7. The van der Waals surface area contributed by atoms with Gasteiger partial charge in [0.15, 0.2) is 17.4 Å². The van der Waals surface area contributed by atoms with E-state index in [1.54, 1.807) is 19.2 Å². The number of anilines is 2. The average Bonchev–Trinajstić information content (AvgIpc) is 2.78. The molecule has 1 aromatic heterocycles. The van der Waals surface area contributed by atoms with E-state index < -0.39 is 12.1 Å². The molecule has 2 aromatic carbocycles. The lowest BCUT2D eigenvalue weighted by Gasteiger charge is -2.10. The van der Waals surface area contributed by atoms with Gasteiger partial charge in [-0.1, -0.05) is 12.1 Å². The second-order valence-electron chi connectivity index (χ2n) is 6.49. The van der Waals surface area contributed by atoms with E-state index in [0.29, 0.717) is 5.75 Å². The lowest BCUT2D eigenvalue weighted by Crippen LogP contribution is -2.27. The summed E-state index contributed by atoms with van der Waals surface area (Å²) in [4.78, 5) is 14.8. The van der Waals surface area contributed by atoms with Crippen LogP contribution in [0.2, 0.25) is 0 Å². The van der Waals surface area contributed by atoms with Crippen molar-refractivity contribution in [3.05, 3.63) is 60.2 Å². The van der Waals surface area contributed by atoms with Crippen LogP contribution in [0.5, 0.6) is 17.2 Å². The maximum Gasteiger partial charge on any atom is 0.491 e. The zero-order chi connectivity index (χ0) is 24.0. The number of rotatable bonds is 7. The van der Waals surface area contributed by atoms with Gasteiger partial charge in [0.05, 0.1) is 12.8 Å². The average molecular weight is 461 g/mol. The maximum absolute atomic E-state index is 12.3. The Hall–Kier alpha value is -4.35. The lowest BCUT2D eigenvalue weighted by atomic mass is 10.2. The second-order valence-corrected chi connectivity index (χ2v) is 6.49. The number of halogens is 3. The number of hydrogen-bond acceptors (Lipinski definition) is 9. The SMILES string of the molecule is COc1ccc(COc2cc(N=Nc3ccc(OC(=O)C(F)(F)F)cc3)c(N)nc2N)cc1.